The molecule has 0 aliphatic heterocycles. The third-order valence-corrected chi connectivity index (χ3v) is 2.29. The van der Waals surface area contributed by atoms with Crippen LogP contribution < -0.4 is 0 Å². The lowest BCUT2D eigenvalue weighted by Gasteiger charge is -2.16. The van der Waals surface area contributed by atoms with Gasteiger partial charge in [-0.3, -0.25) is 4.79 Å². The number of carbonyl (C=O) groups is 1. The Kier molecular flexibility index (Phi) is 8.12. The van der Waals surface area contributed by atoms with Crippen molar-refractivity contribution in [2.24, 2.45) is 0 Å². The van der Waals surface area contributed by atoms with Crippen LogP contribution in [0.1, 0.15) is 33.1 Å². The van der Waals surface area contributed by atoms with E-state index < -0.39 is 17.8 Å². The number of ketones is 1. The first-order valence-corrected chi connectivity index (χ1v) is 6.03. The molecule has 0 fully saturated rings. The average Bonchev–Trinajstić information content (AvgIpc) is 2.34. The van der Waals surface area contributed by atoms with Crippen LogP contribution in [-0.4, -0.2) is 22.9 Å². The van der Waals surface area contributed by atoms with E-state index in [1.165, 1.54) is 18.2 Å². The van der Waals surface area contributed by atoms with E-state index in [1.54, 1.807) is 13.0 Å². The minimum absolute atomic E-state index is 0.586. The van der Waals surface area contributed by atoms with Crippen molar-refractivity contribution in [1.82, 2.24) is 0 Å². The van der Waals surface area contributed by atoms with Gasteiger partial charge in [0.2, 0.25) is 5.78 Å². The van der Waals surface area contributed by atoms with Gasteiger partial charge in [0.25, 0.3) is 0 Å². The Morgan fingerprint density at radius 1 is 1.39 bits per heavy atom. The summed E-state index contributed by atoms with van der Waals surface area (Å²) < 4.78 is 26.8. The number of alkyl halides is 2. The summed E-state index contributed by atoms with van der Waals surface area (Å²) in [7, 11) is 0. The molecule has 0 bridgehead atoms. The predicted molar refractivity (Wildman–Crippen MR) is 68.6 cm³/mol. The lowest BCUT2D eigenvalue weighted by atomic mass is 10.1. The molecule has 0 spiro atoms. The minimum Gasteiger partial charge on any atom is -0.382 e. The minimum atomic E-state index is -3.78. The zero-order valence-electron chi connectivity index (χ0n) is 10.8. The number of aliphatic hydroxyl groups is 1. The number of allylic oxidation sites excluding steroid dienone is 5. The summed E-state index contributed by atoms with van der Waals surface area (Å²) in [5.74, 6) is -5.14. The molecule has 0 aliphatic rings. The van der Waals surface area contributed by atoms with Gasteiger partial charge in [0, 0.05) is 0 Å². The second kappa shape index (κ2) is 8.75. The van der Waals surface area contributed by atoms with Crippen LogP contribution in [-0.2, 0) is 4.79 Å². The van der Waals surface area contributed by atoms with Crippen LogP contribution in [0.4, 0.5) is 8.78 Å². The van der Waals surface area contributed by atoms with E-state index >= 15 is 0 Å². The summed E-state index contributed by atoms with van der Waals surface area (Å²) in [5, 5.41) is 9.25. The van der Waals surface area contributed by atoms with Crippen molar-refractivity contribution in [2.75, 3.05) is 0 Å². The molecule has 1 N–H and O–H groups in total. The van der Waals surface area contributed by atoms with Crippen molar-refractivity contribution in [3.05, 3.63) is 36.5 Å². The summed E-state index contributed by atoms with van der Waals surface area (Å²) in [6.07, 6.45) is 7.85. The molecule has 0 saturated heterocycles. The fourth-order valence-corrected chi connectivity index (χ4v) is 1.17. The third kappa shape index (κ3) is 5.87. The van der Waals surface area contributed by atoms with Crippen LogP contribution in [0.15, 0.2) is 36.5 Å². The fourth-order valence-electron chi connectivity index (χ4n) is 1.17. The van der Waals surface area contributed by atoms with Gasteiger partial charge >= 0.3 is 5.92 Å². The highest BCUT2D eigenvalue weighted by Crippen LogP contribution is 2.22. The van der Waals surface area contributed by atoms with Crippen molar-refractivity contribution >= 4 is 5.78 Å². The molecule has 102 valence electrons. The van der Waals surface area contributed by atoms with E-state index in [-0.39, 0.29) is 0 Å². The first-order valence-electron chi connectivity index (χ1n) is 6.03. The maximum atomic E-state index is 13.4. The summed E-state index contributed by atoms with van der Waals surface area (Å²) >= 11 is 0. The smallest absolute Gasteiger partial charge is 0.337 e. The van der Waals surface area contributed by atoms with Crippen molar-refractivity contribution in [3.8, 4) is 0 Å². The van der Waals surface area contributed by atoms with Crippen molar-refractivity contribution < 1.29 is 18.7 Å². The molecule has 1 unspecified atom stereocenters. The van der Waals surface area contributed by atoms with Gasteiger partial charge in [0.05, 0.1) is 0 Å². The van der Waals surface area contributed by atoms with E-state index in [9.17, 15) is 18.7 Å². The van der Waals surface area contributed by atoms with Gasteiger partial charge in [-0.05, 0) is 25.5 Å². The molecule has 0 aromatic heterocycles. The number of rotatable bonds is 8. The molecule has 0 heterocycles. The lowest BCUT2D eigenvalue weighted by Crippen LogP contribution is -2.39. The van der Waals surface area contributed by atoms with Crippen LogP contribution in [0.25, 0.3) is 0 Å². The maximum absolute atomic E-state index is 13.4. The molecular weight excluding hydrogens is 238 g/mol. The predicted octanol–water partition coefficient (Wildman–Crippen LogP) is 3.43. The average molecular weight is 258 g/mol. The molecule has 0 radical (unpaired) electrons. The van der Waals surface area contributed by atoms with Crippen LogP contribution in [0, 0.1) is 0 Å². The summed E-state index contributed by atoms with van der Waals surface area (Å²) in [4.78, 5) is 11.3. The molecule has 0 rings (SSSR count). The normalized spacial score (nSPS) is 14.9. The summed E-state index contributed by atoms with van der Waals surface area (Å²) in [6.45, 7) is 3.69. The third-order valence-electron chi connectivity index (χ3n) is 2.29. The van der Waals surface area contributed by atoms with E-state index in [1.807, 2.05) is 6.92 Å². The molecule has 2 nitrogen and oxygen atoms in total. The van der Waals surface area contributed by atoms with Crippen molar-refractivity contribution in [2.45, 2.75) is 45.1 Å². The molecule has 18 heavy (non-hydrogen) atoms. The number of unbranched alkanes of at least 4 members (excludes halogenated alkanes) is 2. The molecule has 4 heteroatoms. The van der Waals surface area contributed by atoms with Gasteiger partial charge in [0.15, 0.2) is 0 Å². The van der Waals surface area contributed by atoms with Crippen LogP contribution in [0.2, 0.25) is 0 Å². The molecule has 0 aromatic carbocycles. The molecule has 0 saturated carbocycles. The van der Waals surface area contributed by atoms with Gasteiger partial charge < -0.3 is 5.11 Å². The molecular formula is C14H20F2O2. The molecule has 0 aromatic rings. The van der Waals surface area contributed by atoms with Crippen LogP contribution in [0.3, 0.4) is 0 Å². The number of aliphatic hydroxyl groups excluding tert-OH is 1. The Labute approximate surface area is 107 Å². The number of hydrogen-bond acceptors (Lipinski definition) is 2. The largest absolute Gasteiger partial charge is 0.382 e. The van der Waals surface area contributed by atoms with E-state index in [4.69, 9.17) is 0 Å². The van der Waals surface area contributed by atoms with Gasteiger partial charge in [-0.2, -0.15) is 8.78 Å². The van der Waals surface area contributed by atoms with Crippen LogP contribution >= 0.6 is 0 Å². The van der Waals surface area contributed by atoms with Gasteiger partial charge in [0.1, 0.15) is 6.10 Å². The Bertz CT molecular complexity index is 331. The monoisotopic (exact) mass is 258 g/mol. The molecule has 0 amide bonds. The Morgan fingerprint density at radius 3 is 2.61 bits per heavy atom. The topological polar surface area (TPSA) is 37.3 Å². The highest BCUT2D eigenvalue weighted by molar-refractivity contribution is 5.96. The second-order valence-corrected chi connectivity index (χ2v) is 3.89. The second-order valence-electron chi connectivity index (χ2n) is 3.89. The van der Waals surface area contributed by atoms with E-state index in [0.29, 0.717) is 6.42 Å². The van der Waals surface area contributed by atoms with E-state index in [0.717, 1.165) is 25.0 Å². The number of halogens is 2. The highest BCUT2D eigenvalue weighted by atomic mass is 19.3. The Balaban J connectivity index is 4.50. The summed E-state index contributed by atoms with van der Waals surface area (Å²) in [6, 6.07) is 0. The number of carbonyl (C=O) groups excluding carboxylic acids is 1. The van der Waals surface area contributed by atoms with Gasteiger partial charge in [-0.15, -0.1) is 0 Å². The van der Waals surface area contributed by atoms with Crippen LogP contribution in [0.5, 0.6) is 0 Å². The van der Waals surface area contributed by atoms with Gasteiger partial charge in [-0.25, -0.2) is 0 Å². The first-order chi connectivity index (χ1) is 8.46. The fraction of sp³-hybridized carbons (Fsp3) is 0.500. The van der Waals surface area contributed by atoms with Crippen molar-refractivity contribution in [1.29, 1.82) is 0 Å². The first kappa shape index (κ1) is 16.7. The molecule has 0 aliphatic carbocycles. The maximum Gasteiger partial charge on any atom is 0.337 e. The molecule has 1 atom stereocenters. The van der Waals surface area contributed by atoms with Crippen molar-refractivity contribution in [3.63, 3.8) is 0 Å². The Morgan fingerprint density at radius 2 is 2.06 bits per heavy atom. The SMILES string of the molecule is C/C=C/C=C/C(O)C(F)(F)C(=O)/C=C/CCCC. The summed E-state index contributed by atoms with van der Waals surface area (Å²) in [5.41, 5.74) is 0. The number of hydrogen-bond donors (Lipinski definition) is 1. The van der Waals surface area contributed by atoms with Gasteiger partial charge in [-0.1, -0.05) is 44.1 Å². The highest BCUT2D eigenvalue weighted by Gasteiger charge is 2.43. The zero-order valence-corrected chi connectivity index (χ0v) is 10.8. The standard InChI is InChI=1S/C14H20F2O2/c1-3-5-7-9-11-13(18)14(15,16)12(17)10-8-6-4-2/h4,6,8-12,17H,3,5,7H2,1-2H3/b6-4+,10-8+,11-9+. The lowest BCUT2D eigenvalue weighted by molar-refractivity contribution is -0.149. The van der Waals surface area contributed by atoms with E-state index in [2.05, 4.69) is 0 Å². The quantitative estimate of drug-likeness (QED) is 0.411. The zero-order chi connectivity index (χ0) is 14.0. The Hall–Kier alpha value is -1.29.